The average Bonchev–Trinajstić information content (AvgIpc) is 2.98. The van der Waals surface area contributed by atoms with E-state index in [2.05, 4.69) is 10.3 Å². The summed E-state index contributed by atoms with van der Waals surface area (Å²) in [5.74, 6) is -0.822. The quantitative estimate of drug-likeness (QED) is 0.782. The Bertz CT molecular complexity index is 683. The van der Waals surface area contributed by atoms with E-state index in [0.717, 1.165) is 18.7 Å². The Morgan fingerprint density at radius 2 is 2.04 bits per heavy atom. The van der Waals surface area contributed by atoms with Crippen LogP contribution in [0.5, 0.6) is 0 Å². The van der Waals surface area contributed by atoms with Gasteiger partial charge in [0.25, 0.3) is 0 Å². The predicted octanol–water partition coefficient (Wildman–Crippen LogP) is 3.07. The molecule has 0 unspecified atom stereocenters. The number of benzene rings is 1. The van der Waals surface area contributed by atoms with Gasteiger partial charge >= 0.3 is 0 Å². The van der Waals surface area contributed by atoms with Crippen LogP contribution in [0.3, 0.4) is 0 Å². The first-order chi connectivity index (χ1) is 11.0. The van der Waals surface area contributed by atoms with Crippen LogP contribution in [-0.4, -0.2) is 43.0 Å². The number of amides is 1. The minimum absolute atomic E-state index is 0. The lowest BCUT2D eigenvalue weighted by molar-refractivity contribution is -0.129. The topological polar surface area (TPSA) is 58.4 Å². The number of oxazole rings is 1. The Labute approximate surface area is 157 Å². The van der Waals surface area contributed by atoms with E-state index in [-0.39, 0.29) is 48.5 Å². The molecule has 2 aromatic rings. The zero-order valence-electron chi connectivity index (χ0n) is 13.9. The minimum atomic E-state index is -0.712. The summed E-state index contributed by atoms with van der Waals surface area (Å²) < 4.78 is 32.0. The van der Waals surface area contributed by atoms with E-state index in [9.17, 15) is 13.6 Å². The Kier molecular flexibility index (Phi) is 10.3. The maximum absolute atomic E-state index is 13.7. The van der Waals surface area contributed by atoms with Crippen LogP contribution in [0.2, 0.25) is 0 Å². The van der Waals surface area contributed by atoms with Crippen molar-refractivity contribution in [3.05, 3.63) is 41.9 Å². The molecule has 0 spiro atoms. The molecule has 25 heavy (non-hydrogen) atoms. The Balaban J connectivity index is 0.00000288. The van der Waals surface area contributed by atoms with Gasteiger partial charge in [0.05, 0.1) is 11.8 Å². The van der Waals surface area contributed by atoms with Crippen molar-refractivity contribution in [3.63, 3.8) is 0 Å². The number of nitrogens with zero attached hydrogens (tertiary/aromatic N) is 2. The van der Waals surface area contributed by atoms with Gasteiger partial charge in [-0.25, -0.2) is 13.8 Å². The third-order valence-corrected chi connectivity index (χ3v) is 3.43. The molecular weight excluding hydrogens is 375 g/mol. The number of carbonyl (C=O) groups is 1. The van der Waals surface area contributed by atoms with Crippen LogP contribution >= 0.6 is 24.8 Å². The summed E-state index contributed by atoms with van der Waals surface area (Å²) in [6.07, 6.45) is 1.96. The molecule has 0 radical (unpaired) electrons. The molecule has 0 fully saturated rings. The average molecular weight is 396 g/mol. The second-order valence-corrected chi connectivity index (χ2v) is 5.16. The monoisotopic (exact) mass is 395 g/mol. The van der Waals surface area contributed by atoms with Crippen LogP contribution in [0.1, 0.15) is 12.3 Å². The smallest absolute Gasteiger partial charge is 0.222 e. The van der Waals surface area contributed by atoms with Gasteiger partial charge in [-0.1, -0.05) is 0 Å². The molecule has 9 heteroatoms. The normalized spacial score (nSPS) is 9.92. The molecule has 1 aromatic heterocycles. The van der Waals surface area contributed by atoms with Crippen molar-refractivity contribution in [3.8, 4) is 11.3 Å². The van der Waals surface area contributed by atoms with Crippen molar-refractivity contribution in [1.82, 2.24) is 15.2 Å². The van der Waals surface area contributed by atoms with Crippen molar-refractivity contribution in [2.75, 3.05) is 27.2 Å². The maximum atomic E-state index is 13.7. The van der Waals surface area contributed by atoms with Crippen LogP contribution in [0.4, 0.5) is 8.78 Å². The lowest BCUT2D eigenvalue weighted by Gasteiger charge is -2.16. The number of hydrogen-bond donors (Lipinski definition) is 1. The van der Waals surface area contributed by atoms with Gasteiger partial charge in [0, 0.05) is 39.0 Å². The molecule has 1 heterocycles. The van der Waals surface area contributed by atoms with E-state index in [1.165, 1.54) is 12.3 Å². The lowest BCUT2D eigenvalue weighted by atomic mass is 10.2. The molecular formula is C16H21Cl2F2N3O2. The molecule has 1 amide bonds. The highest BCUT2D eigenvalue weighted by atomic mass is 35.5. The first-order valence-electron chi connectivity index (χ1n) is 7.30. The summed E-state index contributed by atoms with van der Waals surface area (Å²) in [5, 5.41) is 2.97. The van der Waals surface area contributed by atoms with Crippen molar-refractivity contribution in [2.45, 2.75) is 12.8 Å². The van der Waals surface area contributed by atoms with Gasteiger partial charge in [0.15, 0.2) is 11.7 Å². The number of likely N-dealkylation sites (N-methyl/N-ethyl adjacent to an activating group) is 2. The number of carbonyl (C=O) groups excluding carboxylic acids is 1. The summed E-state index contributed by atoms with van der Waals surface area (Å²) in [6.45, 7) is 1.34. The fourth-order valence-corrected chi connectivity index (χ4v) is 2.05. The van der Waals surface area contributed by atoms with E-state index in [1.54, 1.807) is 11.9 Å². The van der Waals surface area contributed by atoms with Gasteiger partial charge in [0.1, 0.15) is 11.6 Å². The van der Waals surface area contributed by atoms with Crippen molar-refractivity contribution < 1.29 is 18.0 Å². The highest BCUT2D eigenvalue weighted by Gasteiger charge is 2.14. The van der Waals surface area contributed by atoms with Crippen molar-refractivity contribution in [2.24, 2.45) is 0 Å². The number of rotatable bonds is 7. The second kappa shape index (κ2) is 11.0. The molecule has 5 nitrogen and oxygen atoms in total. The molecule has 0 bridgehead atoms. The highest BCUT2D eigenvalue weighted by Crippen LogP contribution is 2.24. The van der Waals surface area contributed by atoms with Gasteiger partial charge < -0.3 is 14.6 Å². The zero-order chi connectivity index (χ0) is 16.8. The molecule has 140 valence electrons. The van der Waals surface area contributed by atoms with Crippen molar-refractivity contribution in [1.29, 1.82) is 0 Å². The molecule has 0 atom stereocenters. The number of hydrogen-bond acceptors (Lipinski definition) is 4. The Hall–Kier alpha value is -1.70. The predicted molar refractivity (Wildman–Crippen MR) is 96.2 cm³/mol. The van der Waals surface area contributed by atoms with E-state index >= 15 is 0 Å². The SMILES string of the molecule is CNCCN(C)C(=O)CCc1ncc(-c2ccc(F)cc2F)o1.Cl.Cl. The summed E-state index contributed by atoms with van der Waals surface area (Å²) >= 11 is 0. The Morgan fingerprint density at radius 1 is 1.32 bits per heavy atom. The van der Waals surface area contributed by atoms with Gasteiger partial charge in [-0.3, -0.25) is 4.79 Å². The summed E-state index contributed by atoms with van der Waals surface area (Å²) in [4.78, 5) is 17.6. The number of nitrogens with one attached hydrogen (secondary N) is 1. The largest absolute Gasteiger partial charge is 0.441 e. The van der Waals surface area contributed by atoms with Crippen LogP contribution in [-0.2, 0) is 11.2 Å². The van der Waals surface area contributed by atoms with E-state index in [4.69, 9.17) is 4.42 Å². The maximum Gasteiger partial charge on any atom is 0.222 e. The van der Waals surface area contributed by atoms with E-state index < -0.39 is 11.6 Å². The second-order valence-electron chi connectivity index (χ2n) is 5.16. The lowest BCUT2D eigenvalue weighted by Crippen LogP contribution is -2.32. The molecule has 0 aliphatic carbocycles. The van der Waals surface area contributed by atoms with Crippen LogP contribution in [0.15, 0.2) is 28.8 Å². The third kappa shape index (κ3) is 6.61. The van der Waals surface area contributed by atoms with Crippen LogP contribution in [0, 0.1) is 11.6 Å². The van der Waals surface area contributed by atoms with Gasteiger partial charge in [0.2, 0.25) is 5.91 Å². The first kappa shape index (κ1) is 23.3. The fraction of sp³-hybridized carbons (Fsp3) is 0.375. The summed E-state index contributed by atoms with van der Waals surface area (Å²) in [5.41, 5.74) is 0.141. The molecule has 0 aliphatic rings. The highest BCUT2D eigenvalue weighted by molar-refractivity contribution is 5.85. The van der Waals surface area contributed by atoms with Gasteiger partial charge in [-0.05, 0) is 19.2 Å². The molecule has 2 rings (SSSR count). The van der Waals surface area contributed by atoms with Crippen LogP contribution < -0.4 is 5.32 Å². The summed E-state index contributed by atoms with van der Waals surface area (Å²) in [6, 6.07) is 3.24. The molecule has 0 saturated carbocycles. The minimum Gasteiger partial charge on any atom is -0.441 e. The van der Waals surface area contributed by atoms with Crippen molar-refractivity contribution >= 4 is 30.7 Å². The molecule has 0 aliphatic heterocycles. The van der Waals surface area contributed by atoms with Gasteiger partial charge in [-0.2, -0.15) is 0 Å². The molecule has 1 N–H and O–H groups in total. The third-order valence-electron chi connectivity index (χ3n) is 3.43. The number of aryl methyl sites for hydroxylation is 1. The number of aromatic nitrogens is 1. The molecule has 1 aromatic carbocycles. The van der Waals surface area contributed by atoms with Crippen LogP contribution in [0.25, 0.3) is 11.3 Å². The number of halogens is 4. The summed E-state index contributed by atoms with van der Waals surface area (Å²) in [7, 11) is 3.55. The van der Waals surface area contributed by atoms with E-state index in [0.29, 0.717) is 18.9 Å². The Morgan fingerprint density at radius 3 is 2.68 bits per heavy atom. The first-order valence-corrected chi connectivity index (χ1v) is 7.30. The van der Waals surface area contributed by atoms with Gasteiger partial charge in [-0.15, -0.1) is 24.8 Å². The standard InChI is InChI=1S/C16H19F2N3O2.2ClH/c1-19-7-8-21(2)16(22)6-5-15-20-10-14(23-15)12-4-3-11(17)9-13(12)18;;/h3-4,9-10,19H,5-8H2,1-2H3;2*1H. The fourth-order valence-electron chi connectivity index (χ4n) is 2.05. The van der Waals surface area contributed by atoms with E-state index in [1.807, 2.05) is 7.05 Å². The molecule has 0 saturated heterocycles. The zero-order valence-corrected chi connectivity index (χ0v) is 15.6.